The first kappa shape index (κ1) is 18.4. The number of hydrogen-bond donors (Lipinski definition) is 0. The molecule has 1 atom stereocenters. The van der Waals surface area contributed by atoms with Crippen molar-refractivity contribution >= 4 is 11.9 Å². The quantitative estimate of drug-likeness (QED) is 0.822. The zero-order valence-electron chi connectivity index (χ0n) is 15.9. The number of rotatable bonds is 5. The molecular formula is C21H28N4O. The summed E-state index contributed by atoms with van der Waals surface area (Å²) in [5.41, 5.74) is 1.66. The number of carbonyl (C=O) groups is 1. The van der Waals surface area contributed by atoms with Gasteiger partial charge in [0.15, 0.2) is 0 Å². The predicted octanol–water partition coefficient (Wildman–Crippen LogP) is 3.76. The summed E-state index contributed by atoms with van der Waals surface area (Å²) >= 11 is 0. The van der Waals surface area contributed by atoms with Crippen molar-refractivity contribution in [2.45, 2.75) is 46.2 Å². The SMILES string of the molecule is CC1CCCN(c2ncc(C(=O)N(Cc3ccccc3)C(C)C)cn2)C1. The van der Waals surface area contributed by atoms with Crippen LogP contribution in [-0.4, -0.2) is 39.9 Å². The Bertz CT molecular complexity index is 715. The number of benzene rings is 1. The van der Waals surface area contributed by atoms with Crippen LogP contribution in [0.15, 0.2) is 42.7 Å². The third-order valence-electron chi connectivity index (χ3n) is 4.90. The molecule has 1 unspecified atom stereocenters. The summed E-state index contributed by atoms with van der Waals surface area (Å²) in [4.78, 5) is 26.0. The minimum atomic E-state index is -0.0255. The molecule has 1 aliphatic heterocycles. The number of amides is 1. The van der Waals surface area contributed by atoms with E-state index in [1.807, 2.05) is 49.1 Å². The van der Waals surface area contributed by atoms with Gasteiger partial charge in [0, 0.05) is 38.1 Å². The summed E-state index contributed by atoms with van der Waals surface area (Å²) < 4.78 is 0. The largest absolute Gasteiger partial charge is 0.341 e. The molecule has 0 bridgehead atoms. The van der Waals surface area contributed by atoms with Gasteiger partial charge >= 0.3 is 0 Å². The van der Waals surface area contributed by atoms with Crippen LogP contribution in [0.2, 0.25) is 0 Å². The maximum atomic E-state index is 13.0. The highest BCUT2D eigenvalue weighted by molar-refractivity contribution is 5.93. The minimum Gasteiger partial charge on any atom is -0.341 e. The lowest BCUT2D eigenvalue weighted by Gasteiger charge is -2.31. The fourth-order valence-corrected chi connectivity index (χ4v) is 3.40. The Labute approximate surface area is 156 Å². The van der Waals surface area contributed by atoms with Gasteiger partial charge in [0.05, 0.1) is 5.56 Å². The van der Waals surface area contributed by atoms with Gasteiger partial charge in [0.2, 0.25) is 5.95 Å². The normalized spacial score (nSPS) is 17.4. The van der Waals surface area contributed by atoms with Crippen LogP contribution in [0.4, 0.5) is 5.95 Å². The van der Waals surface area contributed by atoms with Gasteiger partial charge in [0.1, 0.15) is 0 Å². The van der Waals surface area contributed by atoms with Gasteiger partial charge in [-0.1, -0.05) is 37.3 Å². The lowest BCUT2D eigenvalue weighted by atomic mass is 10.0. The van der Waals surface area contributed by atoms with Crippen LogP contribution in [-0.2, 0) is 6.54 Å². The second kappa shape index (κ2) is 8.30. The monoisotopic (exact) mass is 352 g/mol. The predicted molar refractivity (Wildman–Crippen MR) is 104 cm³/mol. The van der Waals surface area contributed by atoms with Crippen LogP contribution in [0.1, 0.15) is 49.5 Å². The Morgan fingerprint density at radius 3 is 2.54 bits per heavy atom. The van der Waals surface area contributed by atoms with Gasteiger partial charge in [-0.2, -0.15) is 0 Å². The smallest absolute Gasteiger partial charge is 0.257 e. The molecule has 2 aromatic rings. The van der Waals surface area contributed by atoms with Crippen molar-refractivity contribution in [3.8, 4) is 0 Å². The van der Waals surface area contributed by atoms with Crippen molar-refractivity contribution in [2.75, 3.05) is 18.0 Å². The molecule has 0 N–H and O–H groups in total. The van der Waals surface area contributed by atoms with Gasteiger partial charge in [0.25, 0.3) is 5.91 Å². The van der Waals surface area contributed by atoms with E-state index >= 15 is 0 Å². The van der Waals surface area contributed by atoms with Gasteiger partial charge in [-0.25, -0.2) is 9.97 Å². The first-order valence-electron chi connectivity index (χ1n) is 9.46. The maximum Gasteiger partial charge on any atom is 0.257 e. The fourth-order valence-electron chi connectivity index (χ4n) is 3.40. The molecule has 1 fully saturated rings. The highest BCUT2D eigenvalue weighted by Crippen LogP contribution is 2.20. The molecule has 5 heteroatoms. The average molecular weight is 352 g/mol. The van der Waals surface area contributed by atoms with E-state index in [-0.39, 0.29) is 11.9 Å². The summed E-state index contributed by atoms with van der Waals surface area (Å²) in [6.45, 7) is 8.89. The van der Waals surface area contributed by atoms with Crippen molar-refractivity contribution in [2.24, 2.45) is 5.92 Å². The number of hydrogen-bond acceptors (Lipinski definition) is 4. The summed E-state index contributed by atoms with van der Waals surface area (Å²) in [6, 6.07) is 10.2. The third kappa shape index (κ3) is 4.40. The molecule has 2 heterocycles. The van der Waals surface area contributed by atoms with Crippen molar-refractivity contribution in [1.29, 1.82) is 0 Å². The van der Waals surface area contributed by atoms with E-state index in [1.54, 1.807) is 12.4 Å². The van der Waals surface area contributed by atoms with Crippen LogP contribution in [0, 0.1) is 5.92 Å². The molecule has 0 saturated carbocycles. The summed E-state index contributed by atoms with van der Waals surface area (Å²) in [6.07, 6.45) is 5.77. The summed E-state index contributed by atoms with van der Waals surface area (Å²) in [5, 5.41) is 0. The maximum absolute atomic E-state index is 13.0. The van der Waals surface area contributed by atoms with E-state index in [9.17, 15) is 4.79 Å². The summed E-state index contributed by atoms with van der Waals surface area (Å²) in [7, 11) is 0. The van der Waals surface area contributed by atoms with E-state index in [0.717, 1.165) is 24.6 Å². The Morgan fingerprint density at radius 1 is 1.23 bits per heavy atom. The molecule has 1 saturated heterocycles. The summed E-state index contributed by atoms with van der Waals surface area (Å²) in [5.74, 6) is 1.37. The van der Waals surface area contributed by atoms with Crippen LogP contribution in [0.25, 0.3) is 0 Å². The van der Waals surface area contributed by atoms with Crippen molar-refractivity contribution in [3.63, 3.8) is 0 Å². The van der Waals surface area contributed by atoms with E-state index in [4.69, 9.17) is 0 Å². The first-order chi connectivity index (χ1) is 12.5. The molecule has 0 aliphatic carbocycles. The van der Waals surface area contributed by atoms with Gasteiger partial charge in [-0.15, -0.1) is 0 Å². The number of piperidine rings is 1. The van der Waals surface area contributed by atoms with E-state index in [0.29, 0.717) is 18.0 Å². The second-order valence-corrected chi connectivity index (χ2v) is 7.48. The standard InChI is InChI=1S/C21H28N4O/c1-16(2)25(15-18-9-5-4-6-10-18)20(26)19-12-22-21(23-13-19)24-11-7-8-17(3)14-24/h4-6,9-10,12-13,16-17H,7-8,11,14-15H2,1-3H3. The molecule has 3 rings (SSSR count). The van der Waals surface area contributed by atoms with Crippen LogP contribution in [0.3, 0.4) is 0 Å². The second-order valence-electron chi connectivity index (χ2n) is 7.48. The fraction of sp³-hybridized carbons (Fsp3) is 0.476. The zero-order valence-corrected chi connectivity index (χ0v) is 15.9. The molecule has 5 nitrogen and oxygen atoms in total. The molecular weight excluding hydrogens is 324 g/mol. The van der Waals surface area contributed by atoms with E-state index in [1.165, 1.54) is 12.8 Å². The molecule has 1 aromatic heterocycles. The molecule has 138 valence electrons. The Kier molecular flexibility index (Phi) is 5.86. The van der Waals surface area contributed by atoms with Crippen molar-refractivity contribution in [1.82, 2.24) is 14.9 Å². The lowest BCUT2D eigenvalue weighted by Crippen LogP contribution is -2.37. The highest BCUT2D eigenvalue weighted by Gasteiger charge is 2.22. The van der Waals surface area contributed by atoms with E-state index in [2.05, 4.69) is 21.8 Å². The highest BCUT2D eigenvalue weighted by atomic mass is 16.2. The van der Waals surface area contributed by atoms with Gasteiger partial charge < -0.3 is 9.80 Å². The van der Waals surface area contributed by atoms with E-state index < -0.39 is 0 Å². The molecule has 1 amide bonds. The van der Waals surface area contributed by atoms with Crippen LogP contribution < -0.4 is 4.90 Å². The first-order valence-corrected chi connectivity index (χ1v) is 9.46. The van der Waals surface area contributed by atoms with Crippen LogP contribution >= 0.6 is 0 Å². The Hall–Kier alpha value is -2.43. The molecule has 0 spiro atoms. The van der Waals surface area contributed by atoms with Crippen LogP contribution in [0.5, 0.6) is 0 Å². The number of anilines is 1. The zero-order chi connectivity index (χ0) is 18.5. The van der Waals surface area contributed by atoms with Gasteiger partial charge in [-0.3, -0.25) is 4.79 Å². The molecule has 1 aromatic carbocycles. The average Bonchev–Trinajstić information content (AvgIpc) is 2.66. The topological polar surface area (TPSA) is 49.3 Å². The number of aromatic nitrogens is 2. The molecule has 1 aliphatic rings. The minimum absolute atomic E-state index is 0.0255. The van der Waals surface area contributed by atoms with Crippen molar-refractivity contribution < 1.29 is 4.79 Å². The lowest BCUT2D eigenvalue weighted by molar-refractivity contribution is 0.0689. The van der Waals surface area contributed by atoms with Crippen molar-refractivity contribution in [3.05, 3.63) is 53.9 Å². The number of nitrogens with zero attached hydrogens (tertiary/aromatic N) is 4. The molecule has 26 heavy (non-hydrogen) atoms. The Morgan fingerprint density at radius 2 is 1.92 bits per heavy atom. The van der Waals surface area contributed by atoms with Gasteiger partial charge in [-0.05, 0) is 38.2 Å². The number of carbonyl (C=O) groups excluding carboxylic acids is 1. The molecule has 0 radical (unpaired) electrons. The Balaban J connectivity index is 1.73. The third-order valence-corrected chi connectivity index (χ3v) is 4.90.